The van der Waals surface area contributed by atoms with Gasteiger partial charge >= 0.3 is 5.56 Å². The Morgan fingerprint density at radius 2 is 1.25 bits per heavy atom. The maximum atomic E-state index is 13.7. The Morgan fingerprint density at radius 1 is 0.688 bits per heavy atom. The monoisotopic (exact) mass is 426 g/mol. The van der Waals surface area contributed by atoms with Gasteiger partial charge in [0, 0.05) is 22.6 Å². The number of nitrogens with zero attached hydrogens (tertiary/aromatic N) is 2. The van der Waals surface area contributed by atoms with E-state index >= 15 is 0 Å². The van der Waals surface area contributed by atoms with Gasteiger partial charge in [0.1, 0.15) is 11.6 Å². The lowest BCUT2D eigenvalue weighted by molar-refractivity contribution is -0.599. The number of benzene rings is 3. The summed E-state index contributed by atoms with van der Waals surface area (Å²) in [6.07, 6.45) is 1.31. The van der Waals surface area contributed by atoms with Crippen molar-refractivity contribution in [3.05, 3.63) is 124 Å². The molecule has 0 amide bonds. The van der Waals surface area contributed by atoms with Crippen molar-refractivity contribution in [3.63, 3.8) is 0 Å². The quantitative estimate of drug-likeness (QED) is 0.293. The first-order valence-electron chi connectivity index (χ1n) is 9.93. The number of halogens is 2. The van der Waals surface area contributed by atoms with Crippen LogP contribution in [0.25, 0.3) is 39.0 Å². The maximum absolute atomic E-state index is 13.7. The number of aromatic nitrogens is 2. The van der Waals surface area contributed by atoms with E-state index in [2.05, 4.69) is 0 Å². The molecular formula is C26H16F2N2O2. The first-order chi connectivity index (χ1) is 15.5. The average Bonchev–Trinajstić information content (AvgIpc) is 2.81. The van der Waals surface area contributed by atoms with Gasteiger partial charge in [-0.2, -0.15) is 4.57 Å². The molecule has 4 nitrogen and oxygen atoms in total. The lowest BCUT2D eigenvalue weighted by Gasteiger charge is -2.17. The predicted octanol–water partition coefficient (Wildman–Crippen LogP) is 5.24. The summed E-state index contributed by atoms with van der Waals surface area (Å²) in [5, 5.41) is 13.7. The van der Waals surface area contributed by atoms with Crippen LogP contribution < -0.4 is 10.3 Å². The lowest BCUT2D eigenvalue weighted by atomic mass is 9.93. The second-order valence-electron chi connectivity index (χ2n) is 7.31. The highest BCUT2D eigenvalue weighted by Crippen LogP contribution is 2.37. The summed E-state index contributed by atoms with van der Waals surface area (Å²) in [5.74, 6) is -0.716. The highest BCUT2D eigenvalue weighted by Gasteiger charge is 2.26. The highest BCUT2D eigenvalue weighted by atomic mass is 19.1. The van der Waals surface area contributed by atoms with Gasteiger partial charge in [0.25, 0.3) is 5.82 Å². The van der Waals surface area contributed by atoms with Crippen LogP contribution in [-0.2, 0) is 0 Å². The smallest absolute Gasteiger partial charge is 0.347 e. The van der Waals surface area contributed by atoms with Gasteiger partial charge in [-0.15, -0.1) is 0 Å². The summed E-state index contributed by atoms with van der Waals surface area (Å²) in [6, 6.07) is 23.5. The van der Waals surface area contributed by atoms with E-state index in [1.807, 2.05) is 12.1 Å². The van der Waals surface area contributed by atoms with E-state index in [-0.39, 0.29) is 11.4 Å². The van der Waals surface area contributed by atoms with E-state index in [4.69, 9.17) is 0 Å². The zero-order chi connectivity index (χ0) is 22.2. The van der Waals surface area contributed by atoms with Crippen LogP contribution in [0.3, 0.4) is 0 Å². The molecule has 156 valence electrons. The number of pyridine rings is 2. The van der Waals surface area contributed by atoms with E-state index in [1.165, 1.54) is 35.0 Å². The molecule has 0 N–H and O–H groups in total. The van der Waals surface area contributed by atoms with Crippen LogP contribution in [0, 0.1) is 16.8 Å². The molecule has 0 unspecified atom stereocenters. The minimum absolute atomic E-state index is 0.103. The first kappa shape index (κ1) is 19.6. The Kier molecular flexibility index (Phi) is 4.75. The molecule has 2 heterocycles. The third kappa shape index (κ3) is 3.22. The Morgan fingerprint density at radius 3 is 1.88 bits per heavy atom. The molecule has 32 heavy (non-hydrogen) atoms. The molecule has 0 aliphatic carbocycles. The number of fused-ring (bicyclic) bond motifs is 1. The summed E-state index contributed by atoms with van der Waals surface area (Å²) < 4.78 is 29.4. The molecule has 0 aliphatic rings. The number of rotatable bonds is 3. The van der Waals surface area contributed by atoms with Gasteiger partial charge in [0.2, 0.25) is 0 Å². The fourth-order valence-electron chi connectivity index (χ4n) is 3.95. The Balaban J connectivity index is 2.03. The summed E-state index contributed by atoms with van der Waals surface area (Å²) in [7, 11) is 0. The SMILES string of the molecule is O=c1c2ccccc2c(-c2ccc(F)cc2)c(-c2ccc(F)cc2)n1-c1cccc[n+]1[O-]. The highest BCUT2D eigenvalue weighted by molar-refractivity contribution is 6.03. The summed E-state index contributed by atoms with van der Waals surface area (Å²) in [6.45, 7) is 0. The predicted molar refractivity (Wildman–Crippen MR) is 119 cm³/mol. The fraction of sp³-hybridized carbons (Fsp3) is 0. The Labute approximate surface area is 181 Å². The van der Waals surface area contributed by atoms with Gasteiger partial charge in [-0.05, 0) is 54.1 Å². The fourth-order valence-corrected chi connectivity index (χ4v) is 3.95. The normalized spacial score (nSPS) is 11.1. The average molecular weight is 426 g/mol. The van der Waals surface area contributed by atoms with E-state index in [9.17, 15) is 18.8 Å². The van der Waals surface area contributed by atoms with Crippen molar-refractivity contribution in [1.29, 1.82) is 0 Å². The molecule has 5 aromatic rings. The minimum atomic E-state index is -0.426. The van der Waals surface area contributed by atoms with Crippen LogP contribution in [0.2, 0.25) is 0 Å². The number of hydrogen-bond donors (Lipinski definition) is 0. The van der Waals surface area contributed by atoms with Gasteiger partial charge in [-0.3, -0.25) is 0 Å². The van der Waals surface area contributed by atoms with E-state index in [1.54, 1.807) is 54.6 Å². The Hall–Kier alpha value is -4.32. The molecular weight excluding hydrogens is 410 g/mol. The first-order valence-corrected chi connectivity index (χ1v) is 9.93. The molecule has 0 aliphatic heterocycles. The largest absolute Gasteiger partial charge is 0.711 e. The van der Waals surface area contributed by atoms with Crippen LogP contribution in [0.4, 0.5) is 8.78 Å². The molecule has 0 spiro atoms. The second kappa shape index (κ2) is 7.74. The van der Waals surface area contributed by atoms with Gasteiger partial charge in [0.05, 0.1) is 11.6 Å². The van der Waals surface area contributed by atoms with Crippen LogP contribution >= 0.6 is 0 Å². The lowest BCUT2D eigenvalue weighted by Crippen LogP contribution is -2.36. The Bertz CT molecular complexity index is 1510. The van der Waals surface area contributed by atoms with Crippen molar-refractivity contribution < 1.29 is 13.5 Å². The van der Waals surface area contributed by atoms with Crippen molar-refractivity contribution >= 4 is 10.8 Å². The van der Waals surface area contributed by atoms with E-state index in [0.29, 0.717) is 37.9 Å². The molecule has 0 radical (unpaired) electrons. The molecule has 5 rings (SSSR count). The topological polar surface area (TPSA) is 48.9 Å². The van der Waals surface area contributed by atoms with Crippen molar-refractivity contribution in [2.45, 2.75) is 0 Å². The molecule has 3 aromatic carbocycles. The van der Waals surface area contributed by atoms with Crippen LogP contribution in [0.5, 0.6) is 0 Å². The summed E-state index contributed by atoms with van der Waals surface area (Å²) >= 11 is 0. The van der Waals surface area contributed by atoms with Gasteiger partial charge < -0.3 is 5.21 Å². The minimum Gasteiger partial charge on any atom is -0.711 e. The molecule has 0 bridgehead atoms. The molecule has 0 fully saturated rings. The summed E-state index contributed by atoms with van der Waals surface area (Å²) in [4.78, 5) is 13.7. The van der Waals surface area contributed by atoms with Crippen LogP contribution in [-0.4, -0.2) is 4.57 Å². The summed E-state index contributed by atoms with van der Waals surface area (Å²) in [5.41, 5.74) is 1.86. The zero-order valence-corrected chi connectivity index (χ0v) is 16.7. The van der Waals surface area contributed by atoms with E-state index in [0.717, 1.165) is 0 Å². The van der Waals surface area contributed by atoms with Crippen molar-refractivity contribution in [3.8, 4) is 28.2 Å². The molecule has 0 atom stereocenters. The molecule has 0 saturated heterocycles. The second-order valence-corrected chi connectivity index (χ2v) is 7.31. The van der Waals surface area contributed by atoms with Gasteiger partial charge in [-0.1, -0.05) is 36.4 Å². The van der Waals surface area contributed by atoms with Crippen molar-refractivity contribution in [1.82, 2.24) is 4.57 Å². The molecule has 0 saturated carbocycles. The van der Waals surface area contributed by atoms with Crippen LogP contribution in [0.1, 0.15) is 0 Å². The van der Waals surface area contributed by atoms with Crippen LogP contribution in [0.15, 0.2) is 102 Å². The van der Waals surface area contributed by atoms with Gasteiger partial charge in [-0.25, -0.2) is 18.3 Å². The third-order valence-electron chi connectivity index (χ3n) is 5.37. The molecule has 2 aromatic heterocycles. The van der Waals surface area contributed by atoms with Gasteiger partial charge in [0.15, 0.2) is 5.69 Å². The van der Waals surface area contributed by atoms with Crippen molar-refractivity contribution in [2.24, 2.45) is 0 Å². The maximum Gasteiger partial charge on any atom is 0.347 e. The van der Waals surface area contributed by atoms with Crippen molar-refractivity contribution in [2.75, 3.05) is 0 Å². The standard InChI is InChI=1S/C26H16F2N2O2/c27-19-12-8-17(9-13-19)24-21-5-1-2-6-22(21)26(31)30(23-7-3-4-16-29(23)32)25(24)18-10-14-20(28)15-11-18/h1-16H. The third-order valence-corrected chi connectivity index (χ3v) is 5.37. The number of hydrogen-bond acceptors (Lipinski definition) is 2. The molecule has 6 heteroatoms. The van der Waals surface area contributed by atoms with E-state index < -0.39 is 11.6 Å². The zero-order valence-electron chi connectivity index (χ0n) is 16.7.